The maximum absolute atomic E-state index is 10.2. The largest absolute Gasteiger partial charge is 0.394 e. The Balaban J connectivity index is 1.67. The number of rotatable bonds is 3. The summed E-state index contributed by atoms with van der Waals surface area (Å²) in [4.78, 5) is 16.0. The van der Waals surface area contributed by atoms with Gasteiger partial charge in [0.2, 0.25) is 0 Å². The molecule has 0 radical (unpaired) electrons. The zero-order valence-electron chi connectivity index (χ0n) is 16.5. The monoisotopic (exact) mass is 384 g/mol. The van der Waals surface area contributed by atoms with E-state index in [9.17, 15) is 5.11 Å². The van der Waals surface area contributed by atoms with E-state index < -0.39 is 0 Å². The number of aryl methyl sites for hydroxylation is 2. The van der Waals surface area contributed by atoms with Crippen LogP contribution in [0.1, 0.15) is 52.8 Å². The molecule has 1 aliphatic carbocycles. The quantitative estimate of drug-likeness (QED) is 0.739. The number of aromatic nitrogens is 3. The average molecular weight is 384 g/mol. The molecule has 0 bridgehead atoms. The van der Waals surface area contributed by atoms with Gasteiger partial charge in [-0.2, -0.15) is 0 Å². The number of nitrogens with zero attached hydrogens (tertiary/aromatic N) is 4. The molecular weight excluding hydrogens is 360 g/mol. The van der Waals surface area contributed by atoms with Crippen LogP contribution in [0.5, 0.6) is 0 Å². The van der Waals surface area contributed by atoms with E-state index in [4.69, 9.17) is 9.97 Å². The van der Waals surface area contributed by atoms with Crippen molar-refractivity contribution < 1.29 is 5.11 Å². The molecule has 3 heterocycles. The Morgan fingerprint density at radius 1 is 1.10 bits per heavy atom. The molecule has 1 unspecified atom stereocenters. The molecule has 146 valence electrons. The van der Waals surface area contributed by atoms with Crippen LogP contribution in [0.4, 0.5) is 5.69 Å². The molecule has 29 heavy (non-hydrogen) atoms. The van der Waals surface area contributed by atoms with Crippen LogP contribution in [0.3, 0.4) is 0 Å². The van der Waals surface area contributed by atoms with Gasteiger partial charge in [0.1, 0.15) is 5.82 Å². The highest BCUT2D eigenvalue weighted by atomic mass is 16.3. The van der Waals surface area contributed by atoms with Crippen molar-refractivity contribution in [2.45, 2.75) is 38.8 Å². The zero-order valence-corrected chi connectivity index (χ0v) is 16.5. The zero-order chi connectivity index (χ0) is 19.8. The van der Waals surface area contributed by atoms with Gasteiger partial charge in [-0.3, -0.25) is 4.98 Å². The maximum atomic E-state index is 10.2. The predicted octanol–water partition coefficient (Wildman–Crippen LogP) is 4.00. The van der Waals surface area contributed by atoms with Gasteiger partial charge in [0.05, 0.1) is 24.0 Å². The van der Waals surface area contributed by atoms with Crippen molar-refractivity contribution in [1.29, 1.82) is 0 Å². The number of pyridine rings is 1. The lowest BCUT2D eigenvalue weighted by Crippen LogP contribution is -2.25. The van der Waals surface area contributed by atoms with E-state index in [2.05, 4.69) is 40.2 Å². The maximum Gasteiger partial charge on any atom is 0.125 e. The predicted molar refractivity (Wildman–Crippen MR) is 113 cm³/mol. The third-order valence-electron chi connectivity index (χ3n) is 5.91. The topological polar surface area (TPSA) is 62.1 Å². The van der Waals surface area contributed by atoms with Gasteiger partial charge in [0.25, 0.3) is 0 Å². The van der Waals surface area contributed by atoms with Gasteiger partial charge in [0.15, 0.2) is 0 Å². The third-order valence-corrected chi connectivity index (χ3v) is 5.91. The molecule has 0 saturated heterocycles. The molecule has 3 aromatic rings. The number of anilines is 1. The van der Waals surface area contributed by atoms with Gasteiger partial charge < -0.3 is 10.0 Å². The number of hydrogen-bond acceptors (Lipinski definition) is 5. The van der Waals surface area contributed by atoms with Gasteiger partial charge in [-0.15, -0.1) is 0 Å². The molecule has 2 aromatic heterocycles. The van der Waals surface area contributed by atoms with Crippen molar-refractivity contribution in [2.24, 2.45) is 0 Å². The summed E-state index contributed by atoms with van der Waals surface area (Å²) in [5, 5.41) is 10.2. The van der Waals surface area contributed by atoms with E-state index in [1.165, 1.54) is 11.1 Å². The molecule has 5 rings (SSSR count). The molecule has 5 heteroatoms. The molecule has 0 spiro atoms. The van der Waals surface area contributed by atoms with Gasteiger partial charge >= 0.3 is 0 Å². The number of fused-ring (bicyclic) bond motifs is 2. The van der Waals surface area contributed by atoms with E-state index in [1.54, 1.807) is 0 Å². The summed E-state index contributed by atoms with van der Waals surface area (Å²) in [6.45, 7) is 2.79. The molecule has 5 nitrogen and oxygen atoms in total. The van der Waals surface area contributed by atoms with Crippen LogP contribution >= 0.6 is 0 Å². The van der Waals surface area contributed by atoms with Crippen molar-refractivity contribution in [3.63, 3.8) is 0 Å². The molecule has 1 aliphatic heterocycles. The van der Waals surface area contributed by atoms with Crippen LogP contribution in [0.25, 0.3) is 5.57 Å². The Kier molecular flexibility index (Phi) is 4.60. The molecule has 2 aliphatic rings. The molecular formula is C24H24N4O. The van der Waals surface area contributed by atoms with E-state index in [0.29, 0.717) is 0 Å². The lowest BCUT2D eigenvalue weighted by Gasteiger charge is -2.29. The fourth-order valence-electron chi connectivity index (χ4n) is 4.59. The first-order chi connectivity index (χ1) is 14.3. The van der Waals surface area contributed by atoms with Crippen LogP contribution in [0, 0.1) is 6.92 Å². The number of aliphatic hydroxyl groups is 1. The lowest BCUT2D eigenvalue weighted by atomic mass is 9.97. The number of hydrogen-bond donors (Lipinski definition) is 1. The van der Waals surface area contributed by atoms with Crippen molar-refractivity contribution in [2.75, 3.05) is 11.5 Å². The average Bonchev–Trinajstić information content (AvgIpc) is 2.98. The normalized spacial score (nSPS) is 18.1. The minimum Gasteiger partial charge on any atom is -0.394 e. The smallest absolute Gasteiger partial charge is 0.125 e. The van der Waals surface area contributed by atoms with Gasteiger partial charge in [-0.1, -0.05) is 30.3 Å². The second-order valence-corrected chi connectivity index (χ2v) is 7.68. The Labute approximate surface area is 170 Å². The van der Waals surface area contributed by atoms with Crippen molar-refractivity contribution in [3.8, 4) is 0 Å². The van der Waals surface area contributed by atoms with Crippen LogP contribution < -0.4 is 4.90 Å². The van der Waals surface area contributed by atoms with Gasteiger partial charge in [0, 0.05) is 35.8 Å². The fraction of sp³-hybridized carbons (Fsp3) is 0.292. The molecule has 0 saturated carbocycles. The highest BCUT2D eigenvalue weighted by Gasteiger charge is 2.32. The summed E-state index contributed by atoms with van der Waals surface area (Å²) in [7, 11) is 0. The first-order valence-electron chi connectivity index (χ1n) is 10.2. The van der Waals surface area contributed by atoms with E-state index in [1.807, 2.05) is 31.5 Å². The summed E-state index contributed by atoms with van der Waals surface area (Å²) < 4.78 is 0. The molecule has 0 amide bonds. The summed E-state index contributed by atoms with van der Waals surface area (Å²) in [6, 6.07) is 12.4. The standard InChI is InChI=1S/C24H24N4O/c1-16-25-12-10-20(27-16)19-8-4-5-9-21-24(19)22(11-13-26-21)28-14-17-6-2-3-7-18(17)23(28)15-29/h2-3,6-8,10-13,23,29H,4-5,9,14-15H2,1H3. The summed E-state index contributed by atoms with van der Waals surface area (Å²) >= 11 is 0. The first kappa shape index (κ1) is 18.0. The van der Waals surface area contributed by atoms with Gasteiger partial charge in [-0.25, -0.2) is 9.97 Å². The minimum absolute atomic E-state index is 0.0469. The molecule has 1 atom stereocenters. The first-order valence-corrected chi connectivity index (χ1v) is 10.2. The Hall–Kier alpha value is -3.05. The van der Waals surface area contributed by atoms with E-state index in [0.717, 1.165) is 59.8 Å². The Morgan fingerprint density at radius 3 is 2.83 bits per heavy atom. The highest BCUT2D eigenvalue weighted by Crippen LogP contribution is 2.43. The Bertz CT molecular complexity index is 1090. The van der Waals surface area contributed by atoms with Crippen LogP contribution in [-0.4, -0.2) is 26.7 Å². The third kappa shape index (κ3) is 3.12. The van der Waals surface area contributed by atoms with E-state index in [-0.39, 0.29) is 12.6 Å². The summed E-state index contributed by atoms with van der Waals surface area (Å²) in [6.07, 6.45) is 9.02. The second kappa shape index (κ2) is 7.41. The highest BCUT2D eigenvalue weighted by molar-refractivity contribution is 5.87. The lowest BCUT2D eigenvalue weighted by molar-refractivity contribution is 0.265. The Morgan fingerprint density at radius 2 is 1.97 bits per heavy atom. The van der Waals surface area contributed by atoms with Crippen LogP contribution in [0.15, 0.2) is 54.9 Å². The van der Waals surface area contributed by atoms with Gasteiger partial charge in [-0.05, 0) is 49.4 Å². The fourth-order valence-corrected chi connectivity index (χ4v) is 4.59. The molecule has 0 fully saturated rings. The number of allylic oxidation sites excluding steroid dienone is 1. The van der Waals surface area contributed by atoms with Crippen molar-refractivity contribution in [3.05, 3.63) is 88.8 Å². The number of benzene rings is 1. The van der Waals surface area contributed by atoms with Crippen LogP contribution in [0.2, 0.25) is 0 Å². The van der Waals surface area contributed by atoms with Crippen molar-refractivity contribution in [1.82, 2.24) is 15.0 Å². The molecule has 1 N–H and O–H groups in total. The molecule has 1 aromatic carbocycles. The van der Waals surface area contributed by atoms with Crippen LogP contribution in [-0.2, 0) is 13.0 Å². The van der Waals surface area contributed by atoms with Crippen molar-refractivity contribution >= 4 is 11.3 Å². The van der Waals surface area contributed by atoms with E-state index >= 15 is 0 Å². The second-order valence-electron chi connectivity index (χ2n) is 7.68. The summed E-state index contributed by atoms with van der Waals surface area (Å²) in [5.74, 6) is 0.765. The SMILES string of the molecule is Cc1nccc(C2=CCCCc3nccc(N4Cc5ccccc5C4CO)c32)n1. The number of aliphatic hydroxyl groups excluding tert-OH is 1. The minimum atomic E-state index is -0.0469. The summed E-state index contributed by atoms with van der Waals surface area (Å²) in [5.41, 5.74) is 7.91.